The van der Waals surface area contributed by atoms with Crippen molar-refractivity contribution >= 4 is 22.4 Å². The van der Waals surface area contributed by atoms with Crippen LogP contribution in [0.15, 0.2) is 17.8 Å². The zero-order chi connectivity index (χ0) is 19.6. The second-order valence-electron chi connectivity index (χ2n) is 9.01. The molecule has 4 atom stereocenters. The van der Waals surface area contributed by atoms with E-state index in [4.69, 9.17) is 0 Å². The molecule has 29 heavy (non-hydrogen) atoms. The van der Waals surface area contributed by atoms with Gasteiger partial charge in [0.15, 0.2) is 5.13 Å². The van der Waals surface area contributed by atoms with Gasteiger partial charge < -0.3 is 5.32 Å². The van der Waals surface area contributed by atoms with Crippen LogP contribution >= 0.6 is 11.3 Å². The first-order valence-electron chi connectivity index (χ1n) is 11.1. The summed E-state index contributed by atoms with van der Waals surface area (Å²) < 4.78 is 2.04. The molecular formula is C21H30N6OS. The van der Waals surface area contributed by atoms with Gasteiger partial charge in [-0.05, 0) is 37.6 Å². The number of nitrogens with zero attached hydrogens (tertiary/aromatic N) is 5. The van der Waals surface area contributed by atoms with E-state index in [-0.39, 0.29) is 11.8 Å². The van der Waals surface area contributed by atoms with Crippen LogP contribution in [-0.2, 0) is 17.8 Å². The molecule has 3 aliphatic heterocycles. The van der Waals surface area contributed by atoms with Crippen LogP contribution in [0.4, 0.5) is 5.13 Å². The van der Waals surface area contributed by atoms with E-state index in [0.29, 0.717) is 17.1 Å². The molecule has 1 N–H and O–H groups in total. The molecule has 8 heteroatoms. The molecule has 5 heterocycles. The minimum atomic E-state index is 0.0708. The summed E-state index contributed by atoms with van der Waals surface area (Å²) in [6.45, 7) is 2.81. The largest absolute Gasteiger partial charge is 0.302 e. The van der Waals surface area contributed by atoms with Gasteiger partial charge in [-0.3, -0.25) is 14.4 Å². The van der Waals surface area contributed by atoms with Crippen molar-refractivity contribution in [1.82, 2.24) is 24.9 Å². The molecule has 6 rings (SSSR count). The van der Waals surface area contributed by atoms with E-state index in [0.717, 1.165) is 50.5 Å². The third kappa shape index (κ3) is 4.38. The summed E-state index contributed by atoms with van der Waals surface area (Å²) in [5.74, 6) is 1.45. The van der Waals surface area contributed by atoms with Crippen molar-refractivity contribution in [2.24, 2.45) is 17.8 Å². The monoisotopic (exact) mass is 414 g/mol. The second kappa shape index (κ2) is 8.52. The van der Waals surface area contributed by atoms with Gasteiger partial charge in [-0.1, -0.05) is 37.3 Å². The lowest BCUT2D eigenvalue weighted by Gasteiger charge is -2.49. The highest BCUT2D eigenvalue weighted by Gasteiger charge is 2.43. The fourth-order valence-corrected chi connectivity index (χ4v) is 6.06. The minimum absolute atomic E-state index is 0.0708. The smallest absolute Gasteiger partial charge is 0.230 e. The van der Waals surface area contributed by atoms with E-state index in [1.54, 1.807) is 6.20 Å². The first-order valence-corrected chi connectivity index (χ1v) is 12.0. The minimum Gasteiger partial charge on any atom is -0.302 e. The maximum atomic E-state index is 12.7. The summed E-state index contributed by atoms with van der Waals surface area (Å²) in [6, 6.07) is 0.460. The summed E-state index contributed by atoms with van der Waals surface area (Å²) in [6.07, 6.45) is 14.0. The molecule has 3 saturated heterocycles. The number of carbonyl (C=O) groups is 1. The van der Waals surface area contributed by atoms with E-state index in [9.17, 15) is 4.79 Å². The van der Waals surface area contributed by atoms with Gasteiger partial charge in [0.25, 0.3) is 0 Å². The van der Waals surface area contributed by atoms with Crippen molar-refractivity contribution in [2.45, 2.75) is 64.0 Å². The van der Waals surface area contributed by atoms with Crippen LogP contribution < -0.4 is 5.32 Å². The van der Waals surface area contributed by atoms with Gasteiger partial charge >= 0.3 is 0 Å². The van der Waals surface area contributed by atoms with Gasteiger partial charge in [-0.15, -0.1) is 16.4 Å². The van der Waals surface area contributed by atoms with E-state index >= 15 is 0 Å². The van der Waals surface area contributed by atoms with Crippen LogP contribution in [0.2, 0.25) is 0 Å². The lowest BCUT2D eigenvalue weighted by atomic mass is 9.75. The third-order valence-electron chi connectivity index (χ3n) is 7.08. The average molecular weight is 415 g/mol. The van der Waals surface area contributed by atoms with Crippen molar-refractivity contribution in [2.75, 3.05) is 18.4 Å². The normalized spacial score (nSPS) is 29.8. The van der Waals surface area contributed by atoms with Crippen LogP contribution in [0.25, 0.3) is 0 Å². The quantitative estimate of drug-likeness (QED) is 0.786. The number of hydrogen-bond donors (Lipinski definition) is 1. The molecule has 1 amide bonds. The van der Waals surface area contributed by atoms with Gasteiger partial charge in [-0.2, -0.15) is 0 Å². The Bertz CT molecular complexity index is 815. The highest BCUT2D eigenvalue weighted by molar-refractivity contribution is 7.13. The topological polar surface area (TPSA) is 75.9 Å². The highest BCUT2D eigenvalue weighted by atomic mass is 32.1. The molecule has 4 fully saturated rings. The molecule has 156 valence electrons. The summed E-state index contributed by atoms with van der Waals surface area (Å²) in [7, 11) is 0. The van der Waals surface area contributed by atoms with E-state index < -0.39 is 0 Å². The zero-order valence-electron chi connectivity index (χ0n) is 16.9. The number of fused-ring (bicyclic) bond motifs is 3. The number of carbonyl (C=O) groups excluding carboxylic acids is 1. The SMILES string of the molecule is O=C(Nc1nccs1)[C@H]1CN2CC[C@H]1C[C@@H]2Cn1cc(CC2CCCCC2)nn1. The van der Waals surface area contributed by atoms with Crippen molar-refractivity contribution in [3.05, 3.63) is 23.5 Å². The van der Waals surface area contributed by atoms with Crippen LogP contribution in [0, 0.1) is 17.8 Å². The van der Waals surface area contributed by atoms with Gasteiger partial charge in [-0.25, -0.2) is 4.98 Å². The van der Waals surface area contributed by atoms with Crippen molar-refractivity contribution in [3.8, 4) is 0 Å². The lowest BCUT2D eigenvalue weighted by molar-refractivity contribution is -0.127. The van der Waals surface area contributed by atoms with E-state index in [1.807, 2.05) is 10.1 Å². The Labute approximate surface area is 175 Å². The summed E-state index contributed by atoms with van der Waals surface area (Å²) in [4.78, 5) is 19.4. The maximum Gasteiger partial charge on any atom is 0.230 e. The molecule has 0 spiro atoms. The van der Waals surface area contributed by atoms with Crippen LogP contribution in [0.3, 0.4) is 0 Å². The van der Waals surface area contributed by atoms with Crippen LogP contribution in [0.1, 0.15) is 50.6 Å². The molecule has 7 nitrogen and oxygen atoms in total. The molecule has 1 saturated carbocycles. The van der Waals surface area contributed by atoms with E-state index in [2.05, 4.69) is 31.7 Å². The number of thiazole rings is 1. The van der Waals surface area contributed by atoms with Gasteiger partial charge in [0.05, 0.1) is 18.2 Å². The summed E-state index contributed by atoms with van der Waals surface area (Å²) in [5, 5.41) is 14.5. The molecule has 0 radical (unpaired) electrons. The van der Waals surface area contributed by atoms with Crippen molar-refractivity contribution in [3.63, 3.8) is 0 Å². The standard InChI is InChI=1S/C21H30N6OS/c28-20(23-21-22-7-9-29-21)19-14-26-8-6-16(19)11-18(26)13-27-12-17(24-25-27)10-15-4-2-1-3-5-15/h7,9,12,15-16,18-19H,1-6,8,10-11,13-14H2,(H,22,23,28)/t16-,18+,19-/m0/s1. The number of aromatic nitrogens is 4. The van der Waals surface area contributed by atoms with Crippen molar-refractivity contribution < 1.29 is 4.79 Å². The molecule has 0 aromatic carbocycles. The molecule has 4 aliphatic rings. The molecule has 2 bridgehead atoms. The zero-order valence-corrected chi connectivity index (χ0v) is 17.7. The molecule has 2 aromatic rings. The number of nitrogens with one attached hydrogen (secondary N) is 1. The predicted molar refractivity (Wildman–Crippen MR) is 113 cm³/mol. The Kier molecular flexibility index (Phi) is 5.63. The molecular weight excluding hydrogens is 384 g/mol. The Morgan fingerprint density at radius 1 is 1.24 bits per heavy atom. The first kappa shape index (κ1) is 19.2. The number of amides is 1. The second-order valence-corrected chi connectivity index (χ2v) is 9.90. The highest BCUT2D eigenvalue weighted by Crippen LogP contribution is 2.37. The summed E-state index contributed by atoms with van der Waals surface area (Å²) in [5.41, 5.74) is 1.15. The fraction of sp³-hybridized carbons (Fsp3) is 0.714. The number of anilines is 1. The van der Waals surface area contributed by atoms with Crippen LogP contribution in [-0.4, -0.2) is 49.9 Å². The van der Waals surface area contributed by atoms with Gasteiger partial charge in [0.1, 0.15) is 0 Å². The van der Waals surface area contributed by atoms with Gasteiger partial charge in [0, 0.05) is 30.4 Å². The molecule has 2 aromatic heterocycles. The van der Waals surface area contributed by atoms with E-state index in [1.165, 1.54) is 43.4 Å². The van der Waals surface area contributed by atoms with Crippen LogP contribution in [0.5, 0.6) is 0 Å². The Morgan fingerprint density at radius 3 is 2.90 bits per heavy atom. The maximum absolute atomic E-state index is 12.7. The van der Waals surface area contributed by atoms with Gasteiger partial charge in [0.2, 0.25) is 5.91 Å². The number of piperidine rings is 3. The molecule has 1 unspecified atom stereocenters. The first-order chi connectivity index (χ1) is 14.2. The summed E-state index contributed by atoms with van der Waals surface area (Å²) >= 11 is 1.48. The average Bonchev–Trinajstić information content (AvgIpc) is 3.41. The molecule has 1 aliphatic carbocycles. The predicted octanol–water partition coefficient (Wildman–Crippen LogP) is 3.21. The number of rotatable bonds is 6. The third-order valence-corrected chi connectivity index (χ3v) is 7.77. The van der Waals surface area contributed by atoms with Crippen molar-refractivity contribution in [1.29, 1.82) is 0 Å². The Hall–Kier alpha value is -1.80. The number of hydrogen-bond acceptors (Lipinski definition) is 6. The fourth-order valence-electron chi connectivity index (χ4n) is 5.53. The Balaban J connectivity index is 1.16. The Morgan fingerprint density at radius 2 is 2.14 bits per heavy atom. The lowest BCUT2D eigenvalue weighted by Crippen LogP contribution is -2.57.